The van der Waals surface area contributed by atoms with Crippen molar-refractivity contribution in [3.05, 3.63) is 36.5 Å². The van der Waals surface area contributed by atoms with Gasteiger partial charge in [-0.1, -0.05) is 186 Å². The van der Waals surface area contributed by atoms with Gasteiger partial charge in [0.2, 0.25) is 0 Å². The van der Waals surface area contributed by atoms with Crippen LogP contribution in [0.4, 0.5) is 0 Å². The molecule has 0 saturated heterocycles. The molecule has 314 valence electrons. The first kappa shape index (κ1) is 51.6. The fraction of sp³-hybridized carbons (Fsp3) is 0.812. The van der Waals surface area contributed by atoms with Crippen LogP contribution >= 0.6 is 0 Å². The lowest BCUT2D eigenvalue weighted by molar-refractivity contribution is -0.167. The number of hydrogen-bond donors (Lipinski definition) is 0. The number of ether oxygens (including phenoxy) is 3. The SMILES string of the molecule is CCCC/C=C\C/C=C\CCCCCCCC(=O)OC[C@@H](COC(=O)CCCCCCCCCCCCC)OC(=O)CCCCCCC/C=C\CCCC. The van der Waals surface area contributed by atoms with Gasteiger partial charge in [0, 0.05) is 19.3 Å². The Hall–Kier alpha value is -2.37. The molecule has 0 aromatic carbocycles. The molecule has 0 bridgehead atoms. The molecule has 0 aliphatic heterocycles. The summed E-state index contributed by atoms with van der Waals surface area (Å²) in [4.78, 5) is 37.7. The highest BCUT2D eigenvalue weighted by molar-refractivity contribution is 5.71. The molecule has 0 rings (SSSR count). The van der Waals surface area contributed by atoms with Crippen molar-refractivity contribution in [2.24, 2.45) is 0 Å². The van der Waals surface area contributed by atoms with Crippen LogP contribution in [0.3, 0.4) is 0 Å². The number of allylic oxidation sites excluding steroid dienone is 6. The molecule has 0 aliphatic carbocycles. The maximum absolute atomic E-state index is 12.7. The molecule has 0 spiro atoms. The Kier molecular flexibility index (Phi) is 41.5. The highest BCUT2D eigenvalue weighted by Crippen LogP contribution is 2.14. The highest BCUT2D eigenvalue weighted by Gasteiger charge is 2.19. The molecule has 0 saturated carbocycles. The molecular weight excluding hydrogens is 673 g/mol. The van der Waals surface area contributed by atoms with E-state index in [0.29, 0.717) is 19.3 Å². The number of carbonyl (C=O) groups excluding carboxylic acids is 3. The van der Waals surface area contributed by atoms with Gasteiger partial charge in [-0.25, -0.2) is 0 Å². The maximum atomic E-state index is 12.7. The molecule has 6 nitrogen and oxygen atoms in total. The van der Waals surface area contributed by atoms with Crippen LogP contribution in [-0.4, -0.2) is 37.2 Å². The fourth-order valence-corrected chi connectivity index (χ4v) is 6.32. The molecule has 0 N–H and O–H groups in total. The third-order valence-electron chi connectivity index (χ3n) is 9.87. The minimum Gasteiger partial charge on any atom is -0.462 e. The Labute approximate surface area is 334 Å². The van der Waals surface area contributed by atoms with E-state index in [1.165, 1.54) is 103 Å². The van der Waals surface area contributed by atoms with Crippen LogP contribution in [0.25, 0.3) is 0 Å². The lowest BCUT2D eigenvalue weighted by Crippen LogP contribution is -2.30. The standard InChI is InChI=1S/C48H86O6/c1-4-7-10-13-16-19-22-23-24-27-29-32-35-38-41-47(50)53-44-45(54-48(51)42-39-36-33-30-26-21-18-15-12-9-6-3)43-52-46(49)40-37-34-31-28-25-20-17-14-11-8-5-2/h13,15-16,18,22-23,45H,4-12,14,17,19-21,24-44H2,1-3H3/b16-13-,18-15-,23-22-/t45-/m1/s1. The monoisotopic (exact) mass is 759 g/mol. The predicted molar refractivity (Wildman–Crippen MR) is 229 cm³/mol. The molecule has 0 aromatic rings. The van der Waals surface area contributed by atoms with E-state index in [2.05, 4.69) is 57.2 Å². The average molecular weight is 759 g/mol. The average Bonchev–Trinajstić information content (AvgIpc) is 3.17. The van der Waals surface area contributed by atoms with Crippen LogP contribution in [0.5, 0.6) is 0 Å². The molecule has 1 atom stereocenters. The zero-order valence-electron chi connectivity index (χ0n) is 35.7. The minimum atomic E-state index is -0.776. The molecular formula is C48H86O6. The van der Waals surface area contributed by atoms with Crippen LogP contribution in [-0.2, 0) is 28.6 Å². The summed E-state index contributed by atoms with van der Waals surface area (Å²) in [7, 11) is 0. The third kappa shape index (κ3) is 40.8. The van der Waals surface area contributed by atoms with E-state index in [9.17, 15) is 14.4 Å². The van der Waals surface area contributed by atoms with Crippen molar-refractivity contribution in [1.29, 1.82) is 0 Å². The summed E-state index contributed by atoms with van der Waals surface area (Å²) in [6.45, 7) is 6.53. The second-order valence-corrected chi connectivity index (χ2v) is 15.3. The van der Waals surface area contributed by atoms with Crippen LogP contribution in [0.1, 0.15) is 233 Å². The van der Waals surface area contributed by atoms with Gasteiger partial charge in [-0.3, -0.25) is 14.4 Å². The number of hydrogen-bond acceptors (Lipinski definition) is 6. The summed E-state index contributed by atoms with van der Waals surface area (Å²) in [5, 5.41) is 0. The van der Waals surface area contributed by atoms with Crippen LogP contribution in [0.2, 0.25) is 0 Å². The van der Waals surface area contributed by atoms with Gasteiger partial charge in [0.15, 0.2) is 6.10 Å². The van der Waals surface area contributed by atoms with Crippen molar-refractivity contribution in [3.8, 4) is 0 Å². The summed E-state index contributed by atoms with van der Waals surface area (Å²) in [6.07, 6.45) is 48.3. The normalized spacial score (nSPS) is 12.3. The summed E-state index contributed by atoms with van der Waals surface area (Å²) in [6, 6.07) is 0. The predicted octanol–water partition coefficient (Wildman–Crippen LogP) is 14.6. The van der Waals surface area contributed by atoms with Crippen LogP contribution in [0, 0.1) is 0 Å². The van der Waals surface area contributed by atoms with Gasteiger partial charge >= 0.3 is 17.9 Å². The van der Waals surface area contributed by atoms with Gasteiger partial charge in [-0.15, -0.1) is 0 Å². The zero-order valence-corrected chi connectivity index (χ0v) is 35.7. The topological polar surface area (TPSA) is 78.9 Å². The Morgan fingerprint density at radius 1 is 0.370 bits per heavy atom. The third-order valence-corrected chi connectivity index (χ3v) is 9.87. The Morgan fingerprint density at radius 2 is 0.685 bits per heavy atom. The first-order chi connectivity index (χ1) is 26.5. The summed E-state index contributed by atoms with van der Waals surface area (Å²) < 4.78 is 16.7. The largest absolute Gasteiger partial charge is 0.462 e. The zero-order chi connectivity index (χ0) is 39.4. The lowest BCUT2D eigenvalue weighted by Gasteiger charge is -2.18. The molecule has 54 heavy (non-hydrogen) atoms. The van der Waals surface area contributed by atoms with Gasteiger partial charge in [0.05, 0.1) is 0 Å². The van der Waals surface area contributed by atoms with E-state index in [-0.39, 0.29) is 31.1 Å². The summed E-state index contributed by atoms with van der Waals surface area (Å²) in [5.74, 6) is -0.902. The van der Waals surface area contributed by atoms with Crippen molar-refractivity contribution in [2.45, 2.75) is 239 Å². The molecule has 0 heterocycles. The second-order valence-electron chi connectivity index (χ2n) is 15.3. The van der Waals surface area contributed by atoms with E-state index in [4.69, 9.17) is 14.2 Å². The Morgan fingerprint density at radius 3 is 1.09 bits per heavy atom. The van der Waals surface area contributed by atoms with Crippen molar-refractivity contribution in [2.75, 3.05) is 13.2 Å². The van der Waals surface area contributed by atoms with E-state index in [0.717, 1.165) is 89.9 Å². The Bertz CT molecular complexity index is 922. The first-order valence-electron chi connectivity index (χ1n) is 23.0. The van der Waals surface area contributed by atoms with Gasteiger partial charge in [0.1, 0.15) is 13.2 Å². The first-order valence-corrected chi connectivity index (χ1v) is 23.0. The maximum Gasteiger partial charge on any atom is 0.306 e. The highest BCUT2D eigenvalue weighted by atomic mass is 16.6. The number of rotatable bonds is 41. The van der Waals surface area contributed by atoms with Crippen molar-refractivity contribution in [3.63, 3.8) is 0 Å². The van der Waals surface area contributed by atoms with E-state index >= 15 is 0 Å². The van der Waals surface area contributed by atoms with Crippen molar-refractivity contribution in [1.82, 2.24) is 0 Å². The van der Waals surface area contributed by atoms with Gasteiger partial charge < -0.3 is 14.2 Å². The van der Waals surface area contributed by atoms with Crippen molar-refractivity contribution < 1.29 is 28.6 Å². The minimum absolute atomic E-state index is 0.0781. The van der Waals surface area contributed by atoms with Crippen LogP contribution < -0.4 is 0 Å². The molecule has 0 unspecified atom stereocenters. The smallest absolute Gasteiger partial charge is 0.306 e. The fourth-order valence-electron chi connectivity index (χ4n) is 6.32. The van der Waals surface area contributed by atoms with E-state index < -0.39 is 6.10 Å². The molecule has 0 radical (unpaired) electrons. The molecule has 0 amide bonds. The van der Waals surface area contributed by atoms with E-state index in [1.807, 2.05) is 0 Å². The molecule has 0 aromatic heterocycles. The lowest BCUT2D eigenvalue weighted by atomic mass is 10.1. The van der Waals surface area contributed by atoms with Gasteiger partial charge in [-0.2, -0.15) is 0 Å². The number of carbonyl (C=O) groups is 3. The molecule has 0 fully saturated rings. The van der Waals surface area contributed by atoms with E-state index in [1.54, 1.807) is 0 Å². The number of unbranched alkanes of at least 4 members (excludes halogenated alkanes) is 24. The van der Waals surface area contributed by atoms with Gasteiger partial charge in [-0.05, 0) is 64.2 Å². The van der Waals surface area contributed by atoms with Gasteiger partial charge in [0.25, 0.3) is 0 Å². The molecule has 6 heteroatoms. The van der Waals surface area contributed by atoms with Crippen LogP contribution in [0.15, 0.2) is 36.5 Å². The molecule has 0 aliphatic rings. The van der Waals surface area contributed by atoms with Crippen molar-refractivity contribution >= 4 is 17.9 Å². The quantitative estimate of drug-likeness (QED) is 0.0267. The Balaban J connectivity index is 4.38. The summed E-state index contributed by atoms with van der Waals surface area (Å²) >= 11 is 0. The summed E-state index contributed by atoms with van der Waals surface area (Å²) in [5.41, 5.74) is 0. The second kappa shape index (κ2) is 43.4. The number of esters is 3.